The van der Waals surface area contributed by atoms with E-state index >= 15 is 0 Å². The number of hydrogen-bond donors (Lipinski definition) is 1. The summed E-state index contributed by atoms with van der Waals surface area (Å²) in [4.78, 5) is 21.7. The Morgan fingerprint density at radius 2 is 2.12 bits per heavy atom. The van der Waals surface area contributed by atoms with Crippen molar-refractivity contribution in [3.63, 3.8) is 0 Å². The molecule has 25 heavy (non-hydrogen) atoms. The van der Waals surface area contributed by atoms with Gasteiger partial charge in [0, 0.05) is 41.6 Å². The number of aromatic nitrogens is 1. The second kappa shape index (κ2) is 7.41. The Bertz CT molecular complexity index is 748. The number of piperazine rings is 1. The second-order valence-corrected chi connectivity index (χ2v) is 7.95. The van der Waals surface area contributed by atoms with Crippen LogP contribution < -0.4 is 5.32 Å². The molecule has 4 rings (SSSR count). The van der Waals surface area contributed by atoms with Crippen LogP contribution in [-0.2, 0) is 4.79 Å². The molecule has 1 N–H and O–H groups in total. The number of hydrogen-bond acceptors (Lipinski definition) is 5. The lowest BCUT2D eigenvalue weighted by molar-refractivity contribution is -0.117. The van der Waals surface area contributed by atoms with E-state index in [4.69, 9.17) is 11.6 Å². The van der Waals surface area contributed by atoms with Crippen molar-refractivity contribution in [3.05, 3.63) is 34.7 Å². The summed E-state index contributed by atoms with van der Waals surface area (Å²) in [6.45, 7) is 4.71. The van der Waals surface area contributed by atoms with Crippen molar-refractivity contribution < 1.29 is 4.79 Å². The molecule has 132 valence electrons. The Balaban J connectivity index is 1.33. The molecule has 1 amide bonds. The fourth-order valence-corrected chi connectivity index (χ4v) is 4.51. The molecule has 0 aliphatic carbocycles. The van der Waals surface area contributed by atoms with Gasteiger partial charge in [0.1, 0.15) is 0 Å². The standard InChI is InChI=1S/C18H21ClN4OS/c19-14-5-3-13(4-6-14)16-12-25-18(20-16)21-17(24)11-22-8-9-23-7-1-2-15(23)10-22/h3-6,12,15H,1-2,7-11H2,(H,20,21,24)/t15-/m1/s1. The molecule has 2 saturated heterocycles. The molecule has 0 bridgehead atoms. The van der Waals surface area contributed by atoms with Crippen molar-refractivity contribution in [1.29, 1.82) is 0 Å². The summed E-state index contributed by atoms with van der Waals surface area (Å²) >= 11 is 7.37. The summed E-state index contributed by atoms with van der Waals surface area (Å²) in [6, 6.07) is 8.19. The number of benzene rings is 1. The van der Waals surface area contributed by atoms with Crippen molar-refractivity contribution in [2.45, 2.75) is 18.9 Å². The van der Waals surface area contributed by atoms with Crippen LogP contribution in [0.25, 0.3) is 11.3 Å². The lowest BCUT2D eigenvalue weighted by Gasteiger charge is -2.36. The van der Waals surface area contributed by atoms with Crippen molar-refractivity contribution >= 4 is 34.0 Å². The highest BCUT2D eigenvalue weighted by Crippen LogP contribution is 2.26. The summed E-state index contributed by atoms with van der Waals surface area (Å²) in [7, 11) is 0. The van der Waals surface area contributed by atoms with Gasteiger partial charge in [-0.2, -0.15) is 0 Å². The molecule has 0 unspecified atom stereocenters. The molecule has 7 heteroatoms. The first kappa shape index (κ1) is 17.0. The van der Waals surface area contributed by atoms with Gasteiger partial charge in [0.2, 0.25) is 5.91 Å². The normalized spacial score (nSPS) is 21.2. The summed E-state index contributed by atoms with van der Waals surface area (Å²) in [5, 5.41) is 6.24. The third kappa shape index (κ3) is 4.03. The van der Waals surface area contributed by atoms with Crippen LogP contribution in [0.3, 0.4) is 0 Å². The zero-order chi connectivity index (χ0) is 17.2. The van der Waals surface area contributed by atoms with Crippen LogP contribution in [0.2, 0.25) is 5.02 Å². The lowest BCUT2D eigenvalue weighted by Crippen LogP contribution is -2.51. The maximum atomic E-state index is 12.3. The Hall–Kier alpha value is -1.47. The summed E-state index contributed by atoms with van der Waals surface area (Å²) < 4.78 is 0. The molecule has 0 spiro atoms. The molecule has 2 fully saturated rings. The van der Waals surface area contributed by atoms with Crippen LogP contribution in [-0.4, -0.2) is 59.5 Å². The van der Waals surface area contributed by atoms with E-state index in [0.717, 1.165) is 30.9 Å². The molecule has 2 aliphatic heterocycles. The Morgan fingerprint density at radius 1 is 1.28 bits per heavy atom. The monoisotopic (exact) mass is 376 g/mol. The van der Waals surface area contributed by atoms with E-state index < -0.39 is 0 Å². The number of amides is 1. The Kier molecular flexibility index (Phi) is 5.03. The number of thiazole rings is 1. The van der Waals surface area contributed by atoms with E-state index in [2.05, 4.69) is 20.1 Å². The summed E-state index contributed by atoms with van der Waals surface area (Å²) in [6.07, 6.45) is 2.55. The summed E-state index contributed by atoms with van der Waals surface area (Å²) in [5.41, 5.74) is 1.86. The molecule has 0 radical (unpaired) electrons. The smallest absolute Gasteiger partial charge is 0.240 e. The number of carbonyl (C=O) groups excluding carboxylic acids is 1. The van der Waals surface area contributed by atoms with Crippen LogP contribution >= 0.6 is 22.9 Å². The van der Waals surface area contributed by atoms with Gasteiger partial charge >= 0.3 is 0 Å². The predicted octanol–water partition coefficient (Wildman–Crippen LogP) is 3.18. The third-order valence-electron chi connectivity index (χ3n) is 4.93. The maximum Gasteiger partial charge on any atom is 0.240 e. The van der Waals surface area contributed by atoms with Crippen LogP contribution in [0, 0.1) is 0 Å². The molecule has 1 aromatic heterocycles. The minimum atomic E-state index is 0.0171. The van der Waals surface area contributed by atoms with Gasteiger partial charge < -0.3 is 5.32 Å². The zero-order valence-electron chi connectivity index (χ0n) is 13.9. The van der Waals surface area contributed by atoms with E-state index in [-0.39, 0.29) is 5.91 Å². The highest BCUT2D eigenvalue weighted by Gasteiger charge is 2.31. The second-order valence-electron chi connectivity index (χ2n) is 6.66. The quantitative estimate of drug-likeness (QED) is 0.890. The molecule has 2 aromatic rings. The van der Waals surface area contributed by atoms with E-state index in [0.29, 0.717) is 22.7 Å². The van der Waals surface area contributed by atoms with Crippen molar-refractivity contribution in [2.75, 3.05) is 38.0 Å². The average Bonchev–Trinajstić information content (AvgIpc) is 3.24. The molecule has 3 heterocycles. The van der Waals surface area contributed by atoms with Gasteiger partial charge in [0.05, 0.1) is 12.2 Å². The minimum Gasteiger partial charge on any atom is -0.301 e. The molecular weight excluding hydrogens is 356 g/mol. The number of rotatable bonds is 4. The van der Waals surface area contributed by atoms with E-state index in [1.165, 1.54) is 30.7 Å². The van der Waals surface area contributed by atoms with E-state index in [1.807, 2.05) is 29.6 Å². The lowest BCUT2D eigenvalue weighted by atomic mass is 10.1. The van der Waals surface area contributed by atoms with Gasteiger partial charge in [0.15, 0.2) is 5.13 Å². The Morgan fingerprint density at radius 3 is 2.96 bits per heavy atom. The molecule has 5 nitrogen and oxygen atoms in total. The van der Waals surface area contributed by atoms with E-state index in [1.54, 1.807) is 0 Å². The van der Waals surface area contributed by atoms with Crippen molar-refractivity contribution in [3.8, 4) is 11.3 Å². The maximum absolute atomic E-state index is 12.3. The number of anilines is 1. The number of fused-ring (bicyclic) bond motifs is 1. The number of nitrogens with zero attached hydrogens (tertiary/aromatic N) is 3. The molecule has 0 saturated carbocycles. The third-order valence-corrected chi connectivity index (χ3v) is 5.94. The first-order valence-corrected chi connectivity index (χ1v) is 9.91. The first-order valence-electron chi connectivity index (χ1n) is 8.65. The average molecular weight is 377 g/mol. The van der Waals surface area contributed by atoms with Crippen molar-refractivity contribution in [1.82, 2.24) is 14.8 Å². The number of nitrogens with one attached hydrogen (secondary N) is 1. The van der Waals surface area contributed by atoms with Gasteiger partial charge in [-0.25, -0.2) is 4.98 Å². The van der Waals surface area contributed by atoms with Gasteiger partial charge in [0.25, 0.3) is 0 Å². The van der Waals surface area contributed by atoms with Crippen LogP contribution in [0.5, 0.6) is 0 Å². The molecule has 1 atom stereocenters. The van der Waals surface area contributed by atoms with E-state index in [9.17, 15) is 4.79 Å². The predicted molar refractivity (Wildman–Crippen MR) is 102 cm³/mol. The Labute approximate surface area is 156 Å². The van der Waals surface area contributed by atoms with Crippen LogP contribution in [0.4, 0.5) is 5.13 Å². The largest absolute Gasteiger partial charge is 0.301 e. The highest BCUT2D eigenvalue weighted by atomic mass is 35.5. The molecular formula is C18H21ClN4OS. The number of halogens is 1. The zero-order valence-corrected chi connectivity index (χ0v) is 15.5. The molecule has 1 aromatic carbocycles. The highest BCUT2D eigenvalue weighted by molar-refractivity contribution is 7.14. The molecule has 2 aliphatic rings. The van der Waals surface area contributed by atoms with Gasteiger partial charge in [-0.15, -0.1) is 11.3 Å². The van der Waals surface area contributed by atoms with Gasteiger partial charge in [-0.05, 0) is 31.5 Å². The number of carbonyl (C=O) groups is 1. The topological polar surface area (TPSA) is 48.5 Å². The first-order chi connectivity index (χ1) is 12.2. The fraction of sp³-hybridized carbons (Fsp3) is 0.444. The van der Waals surface area contributed by atoms with Crippen LogP contribution in [0.1, 0.15) is 12.8 Å². The fourth-order valence-electron chi connectivity index (χ4n) is 3.65. The van der Waals surface area contributed by atoms with Crippen molar-refractivity contribution in [2.24, 2.45) is 0 Å². The van der Waals surface area contributed by atoms with Crippen LogP contribution in [0.15, 0.2) is 29.6 Å². The van der Waals surface area contributed by atoms with Gasteiger partial charge in [-0.1, -0.05) is 23.7 Å². The summed E-state index contributed by atoms with van der Waals surface area (Å²) in [5.74, 6) is 0.0171. The van der Waals surface area contributed by atoms with Gasteiger partial charge in [-0.3, -0.25) is 14.6 Å². The SMILES string of the molecule is O=C(CN1CCN2CCC[C@@H]2C1)Nc1nc(-c2ccc(Cl)cc2)cs1. The minimum absolute atomic E-state index is 0.0171.